The fourth-order valence-corrected chi connectivity index (χ4v) is 4.33. The molecule has 0 saturated carbocycles. The van der Waals surface area contributed by atoms with Gasteiger partial charge >= 0.3 is 12.1 Å². The molecule has 39 heavy (non-hydrogen) atoms. The van der Waals surface area contributed by atoms with E-state index >= 15 is 0 Å². The van der Waals surface area contributed by atoms with E-state index in [0.717, 1.165) is 41.1 Å². The van der Waals surface area contributed by atoms with Gasteiger partial charge in [-0.2, -0.15) is 13.2 Å². The molecule has 3 rings (SSSR count). The molecule has 6 nitrogen and oxygen atoms in total. The number of methoxy groups -OCH3 is 1. The number of carbonyl (C=O) groups excluding carboxylic acids is 1. The van der Waals surface area contributed by atoms with E-state index in [1.807, 2.05) is 45.2 Å². The van der Waals surface area contributed by atoms with Crippen LogP contribution in [-0.2, 0) is 26.9 Å². The maximum Gasteiger partial charge on any atom is 0.416 e. The third kappa shape index (κ3) is 7.95. The molecule has 0 amide bonds. The molecular formula is C30H35F3N2O4. The molecule has 0 saturated heterocycles. The Morgan fingerprint density at radius 3 is 2.54 bits per heavy atom. The molecule has 1 unspecified atom stereocenters. The lowest BCUT2D eigenvalue weighted by molar-refractivity contribution is -0.145. The molecule has 0 bridgehead atoms. The van der Waals surface area contributed by atoms with Crippen molar-refractivity contribution in [2.45, 2.75) is 45.8 Å². The van der Waals surface area contributed by atoms with Crippen LogP contribution in [0, 0.1) is 6.92 Å². The number of hydrogen-bond donors (Lipinski definition) is 0. The minimum atomic E-state index is -4.41. The first-order valence-electron chi connectivity index (χ1n) is 12.8. The van der Waals surface area contributed by atoms with Crippen LogP contribution in [0.4, 0.5) is 18.9 Å². The molecule has 2 aromatic carbocycles. The minimum Gasteiger partial charge on any atom is -0.482 e. The lowest BCUT2D eigenvalue weighted by Crippen LogP contribution is -2.23. The van der Waals surface area contributed by atoms with Crippen molar-refractivity contribution in [3.05, 3.63) is 77.0 Å². The summed E-state index contributed by atoms with van der Waals surface area (Å²) in [7, 11) is 3.62. The minimum absolute atomic E-state index is 0.0776. The smallest absolute Gasteiger partial charge is 0.416 e. The van der Waals surface area contributed by atoms with Crippen molar-refractivity contribution < 1.29 is 32.2 Å². The maximum atomic E-state index is 13.2. The molecule has 0 aliphatic carbocycles. The Morgan fingerprint density at radius 1 is 1.10 bits per heavy atom. The molecule has 0 spiro atoms. The van der Waals surface area contributed by atoms with Gasteiger partial charge in [-0.3, -0.25) is 4.98 Å². The first kappa shape index (κ1) is 30.0. The van der Waals surface area contributed by atoms with Crippen LogP contribution < -0.4 is 9.64 Å². The highest BCUT2D eigenvalue weighted by molar-refractivity contribution is 5.71. The number of halogens is 3. The number of rotatable bonds is 12. The van der Waals surface area contributed by atoms with Crippen molar-refractivity contribution >= 4 is 11.7 Å². The highest BCUT2D eigenvalue weighted by Gasteiger charge is 2.30. The number of esters is 1. The van der Waals surface area contributed by atoms with E-state index in [1.54, 1.807) is 26.2 Å². The van der Waals surface area contributed by atoms with Gasteiger partial charge in [-0.25, -0.2) is 4.79 Å². The van der Waals surface area contributed by atoms with Crippen molar-refractivity contribution in [2.75, 3.05) is 38.9 Å². The summed E-state index contributed by atoms with van der Waals surface area (Å²) in [4.78, 5) is 18.5. The highest BCUT2D eigenvalue weighted by Crippen LogP contribution is 2.34. The number of nitrogens with zero attached hydrogens (tertiary/aromatic N) is 2. The molecule has 1 aromatic heterocycles. The second kappa shape index (κ2) is 13.5. The molecule has 0 N–H and O–H groups in total. The number of hydrogen-bond acceptors (Lipinski definition) is 6. The molecule has 9 heteroatoms. The largest absolute Gasteiger partial charge is 0.482 e. The predicted molar refractivity (Wildman–Crippen MR) is 145 cm³/mol. The zero-order valence-corrected chi connectivity index (χ0v) is 23.0. The van der Waals surface area contributed by atoms with Crippen molar-refractivity contribution in [1.29, 1.82) is 0 Å². The first-order chi connectivity index (χ1) is 18.5. The number of aryl methyl sites for hydroxylation is 2. The third-order valence-corrected chi connectivity index (χ3v) is 6.54. The number of ether oxygens (including phenoxy) is 3. The van der Waals surface area contributed by atoms with Gasteiger partial charge in [0, 0.05) is 37.7 Å². The Kier molecular flexibility index (Phi) is 10.3. The van der Waals surface area contributed by atoms with E-state index < -0.39 is 17.7 Å². The van der Waals surface area contributed by atoms with E-state index in [9.17, 15) is 18.0 Å². The number of carbonyl (C=O) groups is 1. The summed E-state index contributed by atoms with van der Waals surface area (Å²) in [5.74, 6) is 0.193. The van der Waals surface area contributed by atoms with Gasteiger partial charge in [0.1, 0.15) is 5.75 Å². The Morgan fingerprint density at radius 2 is 1.87 bits per heavy atom. The average molecular weight is 545 g/mol. The summed E-state index contributed by atoms with van der Waals surface area (Å²) in [5.41, 5.74) is 3.78. The van der Waals surface area contributed by atoms with Gasteiger partial charge in [0.15, 0.2) is 6.61 Å². The molecule has 0 radical (unpaired) electrons. The molecule has 0 fully saturated rings. The van der Waals surface area contributed by atoms with E-state index in [2.05, 4.69) is 9.88 Å². The summed E-state index contributed by atoms with van der Waals surface area (Å²) in [6.45, 7) is 6.37. The molecule has 1 atom stereocenters. The Bertz CT molecular complexity index is 1260. The van der Waals surface area contributed by atoms with Crippen molar-refractivity contribution in [3.63, 3.8) is 0 Å². The highest BCUT2D eigenvalue weighted by atomic mass is 19.4. The number of pyridine rings is 1. The summed E-state index contributed by atoms with van der Waals surface area (Å²) in [5, 5.41) is 0. The molecule has 0 aliphatic rings. The van der Waals surface area contributed by atoms with Gasteiger partial charge in [0.05, 0.1) is 23.9 Å². The van der Waals surface area contributed by atoms with Crippen molar-refractivity contribution in [2.24, 2.45) is 0 Å². The summed E-state index contributed by atoms with van der Waals surface area (Å²) in [6.07, 6.45) is -2.92. The third-order valence-electron chi connectivity index (χ3n) is 6.54. The molecule has 1 heterocycles. The lowest BCUT2D eigenvalue weighted by Gasteiger charge is -2.29. The second-order valence-corrected chi connectivity index (χ2v) is 9.22. The Hall–Kier alpha value is -3.59. The summed E-state index contributed by atoms with van der Waals surface area (Å²) >= 11 is 0. The van der Waals surface area contributed by atoms with Gasteiger partial charge < -0.3 is 19.1 Å². The Balaban J connectivity index is 1.83. The average Bonchev–Trinajstić information content (AvgIpc) is 2.91. The molecule has 210 valence electrons. The standard InChI is InChI=1S/C30H35F3N2O4/c1-6-38-29(36)19-39-28-15-12-25(18-23(28)10-8-16-37-5)35(4)21(3)26-13-14-27(34-20(26)2)22-9-7-11-24(17-22)30(31,32)33/h7,9,11-15,17-18,21H,6,8,10,16,19H2,1-5H3. The van der Waals surface area contributed by atoms with Gasteiger partial charge in [-0.05, 0) is 81.1 Å². The van der Waals surface area contributed by atoms with Crippen molar-refractivity contribution in [1.82, 2.24) is 4.98 Å². The normalized spacial score (nSPS) is 12.2. The quantitative estimate of drug-likeness (QED) is 0.185. The van der Waals surface area contributed by atoms with Gasteiger partial charge in [-0.1, -0.05) is 18.2 Å². The van der Waals surface area contributed by atoms with Gasteiger partial charge in [-0.15, -0.1) is 0 Å². The van der Waals surface area contributed by atoms with Gasteiger partial charge in [0.25, 0.3) is 0 Å². The van der Waals surface area contributed by atoms with Crippen LogP contribution in [0.1, 0.15) is 48.7 Å². The van der Waals surface area contributed by atoms with Crippen LogP contribution in [0.15, 0.2) is 54.6 Å². The fraction of sp³-hybridized carbons (Fsp3) is 0.400. The maximum absolute atomic E-state index is 13.2. The first-order valence-corrected chi connectivity index (χ1v) is 12.8. The van der Waals surface area contributed by atoms with Crippen LogP contribution in [0.3, 0.4) is 0 Å². The van der Waals surface area contributed by atoms with Gasteiger partial charge in [0.2, 0.25) is 0 Å². The van der Waals surface area contributed by atoms with E-state index in [1.165, 1.54) is 6.07 Å². The molecule has 3 aromatic rings. The van der Waals surface area contributed by atoms with Crippen molar-refractivity contribution in [3.8, 4) is 17.0 Å². The van der Waals surface area contributed by atoms with Crippen LogP contribution in [0.25, 0.3) is 11.3 Å². The summed E-state index contributed by atoms with van der Waals surface area (Å²) < 4.78 is 55.4. The second-order valence-electron chi connectivity index (χ2n) is 9.22. The Labute approximate surface area is 227 Å². The van der Waals surface area contributed by atoms with Crippen LogP contribution in [-0.4, -0.2) is 44.9 Å². The fourth-order valence-electron chi connectivity index (χ4n) is 4.33. The van der Waals surface area contributed by atoms with E-state index in [-0.39, 0.29) is 12.6 Å². The van der Waals surface area contributed by atoms with E-state index in [4.69, 9.17) is 14.2 Å². The van der Waals surface area contributed by atoms with E-state index in [0.29, 0.717) is 36.6 Å². The molecule has 0 aliphatic heterocycles. The SMILES string of the molecule is CCOC(=O)COc1ccc(N(C)C(C)c2ccc(-c3cccc(C(F)(F)F)c3)nc2C)cc1CCCOC. The number of benzene rings is 2. The monoisotopic (exact) mass is 544 g/mol. The zero-order valence-electron chi connectivity index (χ0n) is 23.0. The number of anilines is 1. The zero-order chi connectivity index (χ0) is 28.6. The van der Waals surface area contributed by atoms with Crippen LogP contribution in [0.2, 0.25) is 0 Å². The predicted octanol–water partition coefficient (Wildman–Crippen LogP) is 6.79. The topological polar surface area (TPSA) is 60.9 Å². The van der Waals surface area contributed by atoms with Crippen LogP contribution in [0.5, 0.6) is 5.75 Å². The lowest BCUT2D eigenvalue weighted by atomic mass is 10.0. The number of aromatic nitrogens is 1. The molecular weight excluding hydrogens is 509 g/mol. The number of alkyl halides is 3. The van der Waals surface area contributed by atoms with Crippen LogP contribution >= 0.6 is 0 Å². The summed E-state index contributed by atoms with van der Waals surface area (Å²) in [6, 6.07) is 14.6.